The number of nitrogens with zero attached hydrogens (tertiary/aromatic N) is 2. The van der Waals surface area contributed by atoms with E-state index >= 15 is 0 Å². The molecule has 0 saturated carbocycles. The van der Waals surface area contributed by atoms with Crippen molar-refractivity contribution >= 4 is 17.4 Å². The zero-order valence-corrected chi connectivity index (χ0v) is 8.85. The van der Waals surface area contributed by atoms with Gasteiger partial charge in [0.05, 0.1) is 17.6 Å². The lowest BCUT2D eigenvalue weighted by Crippen LogP contribution is -2.11. The number of fused-ring (bicyclic) bond motifs is 1. The van der Waals surface area contributed by atoms with Crippen molar-refractivity contribution in [3.05, 3.63) is 17.6 Å². The smallest absolute Gasteiger partial charge is 0.144 e. The lowest BCUT2D eigenvalue weighted by atomic mass is 10.0. The Morgan fingerprint density at radius 3 is 2.86 bits per heavy atom. The Balaban J connectivity index is 2.12. The normalized spacial score (nSPS) is 14.9. The first-order valence-corrected chi connectivity index (χ1v) is 5.58. The van der Waals surface area contributed by atoms with E-state index in [0.29, 0.717) is 5.88 Å². The van der Waals surface area contributed by atoms with Crippen LogP contribution in [0.15, 0.2) is 6.20 Å². The molecule has 3 nitrogen and oxygen atoms in total. The summed E-state index contributed by atoms with van der Waals surface area (Å²) in [7, 11) is 0. The maximum absolute atomic E-state index is 5.58. The maximum Gasteiger partial charge on any atom is 0.144 e. The average Bonchev–Trinajstić information content (AvgIpc) is 2.26. The van der Waals surface area contributed by atoms with Crippen molar-refractivity contribution in [1.82, 2.24) is 9.97 Å². The second-order valence-corrected chi connectivity index (χ2v) is 3.85. The van der Waals surface area contributed by atoms with Gasteiger partial charge in [0.25, 0.3) is 0 Å². The van der Waals surface area contributed by atoms with E-state index < -0.39 is 0 Å². The standard InChI is InChI=1S/C10H14ClN3/c11-5-6-12-10-7-13-8-3-1-2-4-9(8)14-10/h7H,1-6H2,(H,12,14). The number of aryl methyl sites for hydroxylation is 2. The van der Waals surface area contributed by atoms with Gasteiger partial charge in [0, 0.05) is 12.4 Å². The molecule has 0 radical (unpaired) electrons. The van der Waals surface area contributed by atoms with Crippen LogP contribution in [0.25, 0.3) is 0 Å². The van der Waals surface area contributed by atoms with Crippen LogP contribution in [0.4, 0.5) is 5.82 Å². The van der Waals surface area contributed by atoms with E-state index in [2.05, 4.69) is 15.3 Å². The number of anilines is 1. The molecule has 4 heteroatoms. The van der Waals surface area contributed by atoms with Crippen molar-refractivity contribution in [3.63, 3.8) is 0 Å². The Morgan fingerprint density at radius 2 is 2.07 bits per heavy atom. The molecule has 0 amide bonds. The molecule has 0 aliphatic heterocycles. The average molecular weight is 212 g/mol. The molecular formula is C10H14ClN3. The zero-order valence-electron chi connectivity index (χ0n) is 8.09. The third-order valence-electron chi connectivity index (χ3n) is 2.41. The van der Waals surface area contributed by atoms with Crippen molar-refractivity contribution in [2.45, 2.75) is 25.7 Å². The van der Waals surface area contributed by atoms with Gasteiger partial charge in [0.15, 0.2) is 0 Å². The molecular weight excluding hydrogens is 198 g/mol. The highest BCUT2D eigenvalue weighted by atomic mass is 35.5. The first-order chi connectivity index (χ1) is 6.90. The Kier molecular flexibility index (Phi) is 3.19. The van der Waals surface area contributed by atoms with Crippen LogP contribution in [0.3, 0.4) is 0 Å². The van der Waals surface area contributed by atoms with Gasteiger partial charge in [-0.15, -0.1) is 11.6 Å². The number of aromatic nitrogens is 2. The highest BCUT2D eigenvalue weighted by molar-refractivity contribution is 6.18. The van der Waals surface area contributed by atoms with Crippen LogP contribution in [0.2, 0.25) is 0 Å². The molecule has 0 atom stereocenters. The summed E-state index contributed by atoms with van der Waals surface area (Å²) in [5.74, 6) is 1.45. The molecule has 1 aliphatic rings. The second-order valence-electron chi connectivity index (χ2n) is 3.47. The maximum atomic E-state index is 5.58. The van der Waals surface area contributed by atoms with Gasteiger partial charge in [-0.05, 0) is 25.7 Å². The minimum atomic E-state index is 0.596. The predicted molar refractivity (Wildman–Crippen MR) is 57.9 cm³/mol. The fourth-order valence-corrected chi connectivity index (χ4v) is 1.80. The van der Waals surface area contributed by atoms with Crippen LogP contribution in [0.5, 0.6) is 0 Å². The molecule has 0 fully saturated rings. The molecule has 14 heavy (non-hydrogen) atoms. The van der Waals surface area contributed by atoms with E-state index in [1.54, 1.807) is 6.20 Å². The summed E-state index contributed by atoms with van der Waals surface area (Å²) in [6.07, 6.45) is 6.43. The SMILES string of the molecule is ClCCNc1cnc2c(n1)CCCC2. The summed E-state index contributed by atoms with van der Waals surface area (Å²) < 4.78 is 0. The lowest BCUT2D eigenvalue weighted by Gasteiger charge is -2.14. The zero-order chi connectivity index (χ0) is 9.80. The van der Waals surface area contributed by atoms with Crippen LogP contribution in [0, 0.1) is 0 Å². The third-order valence-corrected chi connectivity index (χ3v) is 2.60. The van der Waals surface area contributed by atoms with Crippen LogP contribution in [0.1, 0.15) is 24.2 Å². The van der Waals surface area contributed by atoms with Crippen LogP contribution in [-0.4, -0.2) is 22.4 Å². The molecule has 1 N–H and O–H groups in total. The van der Waals surface area contributed by atoms with Gasteiger partial charge in [-0.3, -0.25) is 4.98 Å². The van der Waals surface area contributed by atoms with Gasteiger partial charge in [0.1, 0.15) is 5.82 Å². The second kappa shape index (κ2) is 4.60. The molecule has 0 saturated heterocycles. The number of halogens is 1. The highest BCUT2D eigenvalue weighted by Crippen LogP contribution is 2.18. The van der Waals surface area contributed by atoms with Crippen LogP contribution in [-0.2, 0) is 12.8 Å². The predicted octanol–water partition coefficient (Wildman–Crippen LogP) is 2.01. The van der Waals surface area contributed by atoms with Gasteiger partial charge in [0.2, 0.25) is 0 Å². The van der Waals surface area contributed by atoms with E-state index in [1.807, 2.05) is 0 Å². The number of nitrogens with one attached hydrogen (secondary N) is 1. The van der Waals surface area contributed by atoms with Crippen molar-refractivity contribution in [3.8, 4) is 0 Å². The Labute approximate surface area is 88.9 Å². The van der Waals surface area contributed by atoms with E-state index in [9.17, 15) is 0 Å². The molecule has 1 aromatic rings. The molecule has 0 spiro atoms. The van der Waals surface area contributed by atoms with Gasteiger partial charge < -0.3 is 5.32 Å². The summed E-state index contributed by atoms with van der Waals surface area (Å²) in [6.45, 7) is 0.745. The molecule has 0 bridgehead atoms. The van der Waals surface area contributed by atoms with Gasteiger partial charge >= 0.3 is 0 Å². The Bertz CT molecular complexity index is 314. The van der Waals surface area contributed by atoms with Crippen LogP contribution < -0.4 is 5.32 Å². The first kappa shape index (κ1) is 9.71. The molecule has 2 rings (SSSR count). The summed E-state index contributed by atoms with van der Waals surface area (Å²) in [5.41, 5.74) is 2.34. The number of rotatable bonds is 3. The topological polar surface area (TPSA) is 37.8 Å². The molecule has 0 aromatic carbocycles. The third kappa shape index (κ3) is 2.15. The lowest BCUT2D eigenvalue weighted by molar-refractivity contribution is 0.650. The molecule has 0 unspecified atom stereocenters. The fraction of sp³-hybridized carbons (Fsp3) is 0.600. The quantitative estimate of drug-likeness (QED) is 0.778. The van der Waals surface area contributed by atoms with Crippen molar-refractivity contribution in [2.75, 3.05) is 17.7 Å². The highest BCUT2D eigenvalue weighted by Gasteiger charge is 2.11. The number of alkyl halides is 1. The van der Waals surface area contributed by atoms with Crippen molar-refractivity contribution in [1.29, 1.82) is 0 Å². The number of hydrogen-bond donors (Lipinski definition) is 1. The summed E-state index contributed by atoms with van der Waals surface area (Å²) in [5, 5.41) is 3.14. The largest absolute Gasteiger partial charge is 0.368 e. The van der Waals surface area contributed by atoms with E-state index in [0.717, 1.165) is 30.9 Å². The van der Waals surface area contributed by atoms with Gasteiger partial charge in [-0.25, -0.2) is 4.98 Å². The van der Waals surface area contributed by atoms with Crippen LogP contribution >= 0.6 is 11.6 Å². The Morgan fingerprint density at radius 1 is 1.29 bits per heavy atom. The van der Waals surface area contributed by atoms with E-state index in [-0.39, 0.29) is 0 Å². The van der Waals surface area contributed by atoms with Gasteiger partial charge in [-0.1, -0.05) is 0 Å². The fourth-order valence-electron chi connectivity index (χ4n) is 1.71. The van der Waals surface area contributed by atoms with E-state index in [4.69, 9.17) is 11.6 Å². The summed E-state index contributed by atoms with van der Waals surface area (Å²) >= 11 is 5.58. The Hall–Kier alpha value is -0.830. The molecule has 1 aromatic heterocycles. The van der Waals surface area contributed by atoms with E-state index in [1.165, 1.54) is 18.5 Å². The minimum absolute atomic E-state index is 0.596. The number of hydrogen-bond acceptors (Lipinski definition) is 3. The summed E-state index contributed by atoms with van der Waals surface area (Å²) in [4.78, 5) is 8.92. The molecule has 1 aliphatic carbocycles. The first-order valence-electron chi connectivity index (χ1n) is 5.05. The molecule has 1 heterocycles. The van der Waals surface area contributed by atoms with Crippen molar-refractivity contribution in [2.24, 2.45) is 0 Å². The van der Waals surface area contributed by atoms with Crippen molar-refractivity contribution < 1.29 is 0 Å². The monoisotopic (exact) mass is 211 g/mol. The van der Waals surface area contributed by atoms with Gasteiger partial charge in [-0.2, -0.15) is 0 Å². The molecule has 76 valence electrons. The minimum Gasteiger partial charge on any atom is -0.368 e. The summed E-state index contributed by atoms with van der Waals surface area (Å²) in [6, 6.07) is 0.